The van der Waals surface area contributed by atoms with Crippen molar-refractivity contribution in [3.05, 3.63) is 27.7 Å². The first kappa shape index (κ1) is 8.00. The van der Waals surface area contributed by atoms with Crippen LogP contribution in [-0.2, 0) is 6.54 Å². The minimum atomic E-state index is 0.518. The predicted octanol–water partition coefficient (Wildman–Crippen LogP) is 1.89. The van der Waals surface area contributed by atoms with Crippen molar-refractivity contribution in [2.75, 3.05) is 0 Å². The number of nitrogens with zero attached hydrogens (tertiary/aromatic N) is 1. The summed E-state index contributed by atoms with van der Waals surface area (Å²) >= 11 is 2.21. The topological polar surface area (TPSA) is 52.0 Å². The molecular weight excluding hydrogens is 267 g/mol. The van der Waals surface area contributed by atoms with Gasteiger partial charge in [0.05, 0.1) is 8.96 Å². The van der Waals surface area contributed by atoms with Crippen LogP contribution in [0.1, 0.15) is 5.56 Å². The number of fused-ring (bicyclic) bond motifs is 1. The zero-order valence-electron chi connectivity index (χ0n) is 6.25. The second-order valence-electron chi connectivity index (χ2n) is 2.48. The Labute approximate surface area is 83.1 Å². The average molecular weight is 274 g/mol. The van der Waals surface area contributed by atoms with Gasteiger partial charge in [-0.2, -0.15) is 0 Å². The largest absolute Gasteiger partial charge is 0.445 e. The quantitative estimate of drug-likeness (QED) is 0.808. The van der Waals surface area contributed by atoms with Crippen molar-refractivity contribution in [3.63, 3.8) is 0 Å². The maximum absolute atomic E-state index is 5.49. The number of furan rings is 1. The Kier molecular flexibility index (Phi) is 2.02. The van der Waals surface area contributed by atoms with Crippen LogP contribution in [0.15, 0.2) is 22.9 Å². The Bertz CT molecular complexity index is 410. The third kappa shape index (κ3) is 1.21. The van der Waals surface area contributed by atoms with E-state index in [4.69, 9.17) is 10.2 Å². The molecule has 0 aromatic carbocycles. The van der Waals surface area contributed by atoms with Crippen LogP contribution in [0.25, 0.3) is 11.1 Å². The van der Waals surface area contributed by atoms with E-state index in [1.54, 1.807) is 12.5 Å². The highest BCUT2D eigenvalue weighted by atomic mass is 127. The molecule has 0 aliphatic rings. The maximum Gasteiger partial charge on any atom is 0.226 e. The van der Waals surface area contributed by atoms with Gasteiger partial charge in [0.1, 0.15) is 6.26 Å². The van der Waals surface area contributed by atoms with Gasteiger partial charge in [0.25, 0.3) is 0 Å². The standard InChI is InChI=1S/C8H7IN2O/c9-7-4-12-8-6(7)1-5(2-10)3-11-8/h1,3-4H,2,10H2. The van der Waals surface area contributed by atoms with E-state index in [0.29, 0.717) is 12.3 Å². The molecular formula is C8H7IN2O. The lowest BCUT2D eigenvalue weighted by Gasteiger charge is -1.94. The molecule has 0 aliphatic heterocycles. The summed E-state index contributed by atoms with van der Waals surface area (Å²) in [4.78, 5) is 4.12. The number of rotatable bonds is 1. The Balaban J connectivity index is 2.71. The van der Waals surface area contributed by atoms with Crippen LogP contribution in [0.4, 0.5) is 0 Å². The Morgan fingerprint density at radius 1 is 1.58 bits per heavy atom. The highest BCUT2D eigenvalue weighted by Crippen LogP contribution is 2.21. The molecule has 0 unspecified atom stereocenters. The number of aromatic nitrogens is 1. The van der Waals surface area contributed by atoms with E-state index in [2.05, 4.69) is 27.6 Å². The van der Waals surface area contributed by atoms with Gasteiger partial charge in [-0.3, -0.25) is 0 Å². The summed E-state index contributed by atoms with van der Waals surface area (Å²) in [6, 6.07) is 2.01. The molecule has 0 saturated heterocycles. The van der Waals surface area contributed by atoms with Gasteiger partial charge >= 0.3 is 0 Å². The van der Waals surface area contributed by atoms with Crippen molar-refractivity contribution in [3.8, 4) is 0 Å². The van der Waals surface area contributed by atoms with Crippen LogP contribution < -0.4 is 5.73 Å². The molecule has 62 valence electrons. The van der Waals surface area contributed by atoms with Crippen LogP contribution >= 0.6 is 22.6 Å². The maximum atomic E-state index is 5.49. The normalized spacial score (nSPS) is 10.8. The molecule has 2 aromatic rings. The van der Waals surface area contributed by atoms with E-state index >= 15 is 0 Å². The zero-order valence-corrected chi connectivity index (χ0v) is 8.41. The van der Waals surface area contributed by atoms with Gasteiger partial charge in [-0.15, -0.1) is 0 Å². The Morgan fingerprint density at radius 2 is 2.42 bits per heavy atom. The van der Waals surface area contributed by atoms with Crippen molar-refractivity contribution in [1.29, 1.82) is 0 Å². The molecule has 0 aliphatic carbocycles. The summed E-state index contributed by atoms with van der Waals surface area (Å²) in [5.74, 6) is 0. The van der Waals surface area contributed by atoms with Crippen LogP contribution in [0.2, 0.25) is 0 Å². The zero-order chi connectivity index (χ0) is 8.55. The molecule has 2 heterocycles. The van der Waals surface area contributed by atoms with E-state index in [-0.39, 0.29) is 0 Å². The molecule has 4 heteroatoms. The second kappa shape index (κ2) is 3.02. The number of halogens is 1. The minimum absolute atomic E-state index is 0.518. The summed E-state index contributed by atoms with van der Waals surface area (Å²) in [5, 5.41) is 1.04. The number of hydrogen-bond acceptors (Lipinski definition) is 3. The first-order chi connectivity index (χ1) is 5.81. The van der Waals surface area contributed by atoms with Gasteiger partial charge in [-0.05, 0) is 34.2 Å². The molecule has 3 nitrogen and oxygen atoms in total. The molecule has 0 bridgehead atoms. The van der Waals surface area contributed by atoms with Crippen LogP contribution in [0.5, 0.6) is 0 Å². The van der Waals surface area contributed by atoms with Crippen LogP contribution in [0, 0.1) is 3.57 Å². The molecule has 2 rings (SSSR count). The molecule has 0 amide bonds. The molecule has 0 atom stereocenters. The van der Waals surface area contributed by atoms with E-state index in [9.17, 15) is 0 Å². The van der Waals surface area contributed by atoms with Crippen molar-refractivity contribution >= 4 is 33.7 Å². The lowest BCUT2D eigenvalue weighted by Crippen LogP contribution is -1.96. The smallest absolute Gasteiger partial charge is 0.226 e. The van der Waals surface area contributed by atoms with Crippen molar-refractivity contribution < 1.29 is 4.42 Å². The van der Waals surface area contributed by atoms with E-state index < -0.39 is 0 Å². The van der Waals surface area contributed by atoms with Gasteiger partial charge < -0.3 is 10.2 Å². The van der Waals surface area contributed by atoms with Crippen LogP contribution in [-0.4, -0.2) is 4.98 Å². The van der Waals surface area contributed by atoms with Gasteiger partial charge in [0.15, 0.2) is 0 Å². The van der Waals surface area contributed by atoms with Gasteiger partial charge in [0.2, 0.25) is 5.71 Å². The molecule has 2 N–H and O–H groups in total. The first-order valence-electron chi connectivity index (χ1n) is 3.53. The molecule has 0 saturated carbocycles. The van der Waals surface area contributed by atoms with E-state index in [1.165, 1.54) is 0 Å². The average Bonchev–Trinajstić information content (AvgIpc) is 2.47. The third-order valence-corrected chi connectivity index (χ3v) is 2.51. The van der Waals surface area contributed by atoms with Crippen molar-refractivity contribution in [1.82, 2.24) is 4.98 Å². The highest BCUT2D eigenvalue weighted by Gasteiger charge is 2.03. The highest BCUT2D eigenvalue weighted by molar-refractivity contribution is 14.1. The van der Waals surface area contributed by atoms with Crippen molar-refractivity contribution in [2.24, 2.45) is 5.73 Å². The summed E-state index contributed by atoms with van der Waals surface area (Å²) in [6.07, 6.45) is 3.43. The Hall–Kier alpha value is -0.620. The lowest BCUT2D eigenvalue weighted by atomic mass is 10.2. The summed E-state index contributed by atoms with van der Waals surface area (Å²) in [6.45, 7) is 0.518. The molecule has 0 spiro atoms. The van der Waals surface area contributed by atoms with Crippen LogP contribution in [0.3, 0.4) is 0 Å². The monoisotopic (exact) mass is 274 g/mol. The van der Waals surface area contributed by atoms with Gasteiger partial charge in [-0.1, -0.05) is 0 Å². The number of hydrogen-bond donors (Lipinski definition) is 1. The molecule has 12 heavy (non-hydrogen) atoms. The first-order valence-corrected chi connectivity index (χ1v) is 4.61. The SMILES string of the molecule is NCc1cnc2occ(I)c2c1. The second-order valence-corrected chi connectivity index (χ2v) is 3.65. The number of nitrogens with two attached hydrogens (primary N) is 1. The fraction of sp³-hybridized carbons (Fsp3) is 0.125. The summed E-state index contributed by atoms with van der Waals surface area (Å²) in [5.41, 5.74) is 7.19. The third-order valence-electron chi connectivity index (χ3n) is 1.67. The fourth-order valence-corrected chi connectivity index (χ4v) is 1.56. The van der Waals surface area contributed by atoms with Gasteiger partial charge in [0, 0.05) is 12.7 Å². The fourth-order valence-electron chi connectivity index (χ4n) is 1.04. The minimum Gasteiger partial charge on any atom is -0.445 e. The molecule has 0 radical (unpaired) electrons. The Morgan fingerprint density at radius 3 is 3.17 bits per heavy atom. The van der Waals surface area contributed by atoms with E-state index in [1.807, 2.05) is 6.07 Å². The predicted molar refractivity (Wildman–Crippen MR) is 54.6 cm³/mol. The number of pyridine rings is 1. The lowest BCUT2D eigenvalue weighted by molar-refractivity contribution is 0.601. The molecule has 2 aromatic heterocycles. The van der Waals surface area contributed by atoms with E-state index in [0.717, 1.165) is 14.5 Å². The summed E-state index contributed by atoms with van der Waals surface area (Å²) < 4.78 is 6.26. The van der Waals surface area contributed by atoms with Gasteiger partial charge in [-0.25, -0.2) is 4.98 Å². The molecule has 0 fully saturated rings. The van der Waals surface area contributed by atoms with Crippen molar-refractivity contribution in [2.45, 2.75) is 6.54 Å². The summed E-state index contributed by atoms with van der Waals surface area (Å²) in [7, 11) is 0.